The molecule has 0 radical (unpaired) electrons. The van der Waals surface area contributed by atoms with Gasteiger partial charge in [-0.15, -0.1) is 0 Å². The normalized spacial score (nSPS) is 11.1. The Hall–Kier alpha value is -1.89. The molecule has 1 aromatic rings. The van der Waals surface area contributed by atoms with Gasteiger partial charge in [0.2, 0.25) is 5.91 Å². The third-order valence-electron chi connectivity index (χ3n) is 2.43. The molecule has 0 aliphatic heterocycles. The lowest BCUT2D eigenvalue weighted by atomic mass is 10.1. The van der Waals surface area contributed by atoms with E-state index in [2.05, 4.69) is 0 Å². The smallest absolute Gasteiger partial charge is 0.335 e. The number of aromatic carboxylic acids is 1. The van der Waals surface area contributed by atoms with Crippen molar-refractivity contribution in [2.24, 2.45) is 0 Å². The number of carboxylic acid groups (broad SMARTS) is 1. The summed E-state index contributed by atoms with van der Waals surface area (Å²) in [7, 11) is -1.85. The molecule has 0 saturated carbocycles. The van der Waals surface area contributed by atoms with Gasteiger partial charge < -0.3 is 10.0 Å². The van der Waals surface area contributed by atoms with Crippen LogP contribution in [0.2, 0.25) is 0 Å². The zero-order chi connectivity index (χ0) is 14.6. The van der Waals surface area contributed by atoms with Gasteiger partial charge in [-0.3, -0.25) is 4.79 Å². The number of sulfone groups is 1. The molecular formula is C12H15NO5S. The second kappa shape index (κ2) is 5.83. The summed E-state index contributed by atoms with van der Waals surface area (Å²) in [6.45, 7) is 0.230. The van der Waals surface area contributed by atoms with E-state index in [-0.39, 0.29) is 12.1 Å². The average Bonchev–Trinajstić information content (AvgIpc) is 2.27. The minimum Gasteiger partial charge on any atom is -0.478 e. The minimum absolute atomic E-state index is 0.161. The Morgan fingerprint density at radius 1 is 1.21 bits per heavy atom. The lowest BCUT2D eigenvalue weighted by Gasteiger charge is -2.16. The van der Waals surface area contributed by atoms with Crippen molar-refractivity contribution < 1.29 is 23.1 Å². The van der Waals surface area contributed by atoms with Gasteiger partial charge in [-0.25, -0.2) is 13.2 Å². The molecule has 6 nitrogen and oxygen atoms in total. The van der Waals surface area contributed by atoms with Gasteiger partial charge in [0.1, 0.15) is 5.75 Å². The Morgan fingerprint density at radius 3 is 2.16 bits per heavy atom. The summed E-state index contributed by atoms with van der Waals surface area (Å²) in [6, 6.07) is 6.06. The van der Waals surface area contributed by atoms with Crippen LogP contribution in [0.3, 0.4) is 0 Å². The van der Waals surface area contributed by atoms with E-state index in [0.29, 0.717) is 0 Å². The largest absolute Gasteiger partial charge is 0.478 e. The van der Waals surface area contributed by atoms with E-state index in [0.717, 1.165) is 11.8 Å². The molecule has 19 heavy (non-hydrogen) atoms. The summed E-state index contributed by atoms with van der Waals surface area (Å²) >= 11 is 0. The van der Waals surface area contributed by atoms with E-state index in [9.17, 15) is 18.0 Å². The average molecular weight is 285 g/mol. The van der Waals surface area contributed by atoms with Crippen molar-refractivity contribution in [3.05, 3.63) is 35.4 Å². The van der Waals surface area contributed by atoms with Crippen LogP contribution >= 0.6 is 0 Å². The maximum atomic E-state index is 11.6. The second-order valence-corrected chi connectivity index (χ2v) is 6.46. The SMILES string of the molecule is CN(Cc1ccc(C(=O)O)cc1)C(=O)CS(C)(=O)=O. The molecule has 0 unspecified atom stereocenters. The highest BCUT2D eigenvalue weighted by Crippen LogP contribution is 2.07. The molecule has 1 N–H and O–H groups in total. The molecule has 0 saturated heterocycles. The van der Waals surface area contributed by atoms with Gasteiger partial charge >= 0.3 is 5.97 Å². The summed E-state index contributed by atoms with van der Waals surface area (Å²) in [5.41, 5.74) is 0.892. The highest BCUT2D eigenvalue weighted by Gasteiger charge is 2.15. The Kier molecular flexibility index (Phi) is 4.66. The molecule has 104 valence electrons. The van der Waals surface area contributed by atoms with Crippen LogP contribution in [0.1, 0.15) is 15.9 Å². The van der Waals surface area contributed by atoms with Gasteiger partial charge in [-0.1, -0.05) is 12.1 Å². The number of amides is 1. The topological polar surface area (TPSA) is 91.8 Å². The van der Waals surface area contributed by atoms with Gasteiger partial charge in [0.15, 0.2) is 9.84 Å². The zero-order valence-corrected chi connectivity index (χ0v) is 11.5. The fraction of sp³-hybridized carbons (Fsp3) is 0.333. The Morgan fingerprint density at radius 2 is 1.74 bits per heavy atom. The molecule has 7 heteroatoms. The Bertz CT molecular complexity index is 577. The van der Waals surface area contributed by atoms with E-state index < -0.39 is 27.5 Å². The summed E-state index contributed by atoms with van der Waals surface area (Å²) in [6.07, 6.45) is 1.00. The second-order valence-electron chi connectivity index (χ2n) is 4.32. The van der Waals surface area contributed by atoms with Crippen LogP contribution in [0.15, 0.2) is 24.3 Å². The Balaban J connectivity index is 2.69. The molecule has 1 rings (SSSR count). The monoisotopic (exact) mass is 285 g/mol. The van der Waals surface area contributed by atoms with E-state index in [4.69, 9.17) is 5.11 Å². The highest BCUT2D eigenvalue weighted by molar-refractivity contribution is 7.91. The molecule has 0 fully saturated rings. The first-order valence-corrected chi connectivity index (χ1v) is 7.49. The van der Waals surface area contributed by atoms with Crippen LogP contribution in [0.5, 0.6) is 0 Å². The quantitative estimate of drug-likeness (QED) is 0.844. The van der Waals surface area contributed by atoms with Crippen molar-refractivity contribution in [2.75, 3.05) is 19.1 Å². The Labute approximate surface area is 111 Å². The number of hydrogen-bond acceptors (Lipinski definition) is 4. The molecule has 0 atom stereocenters. The van der Waals surface area contributed by atoms with Gasteiger partial charge in [-0.2, -0.15) is 0 Å². The van der Waals surface area contributed by atoms with Crippen LogP contribution in [-0.2, 0) is 21.2 Å². The van der Waals surface area contributed by atoms with Crippen molar-refractivity contribution in [3.63, 3.8) is 0 Å². The van der Waals surface area contributed by atoms with Gasteiger partial charge in [-0.05, 0) is 17.7 Å². The number of nitrogens with zero attached hydrogens (tertiary/aromatic N) is 1. The molecule has 1 amide bonds. The molecule has 0 spiro atoms. The van der Waals surface area contributed by atoms with Crippen molar-refractivity contribution in [1.82, 2.24) is 4.90 Å². The van der Waals surface area contributed by atoms with Gasteiger partial charge in [0.05, 0.1) is 5.56 Å². The highest BCUT2D eigenvalue weighted by atomic mass is 32.2. The zero-order valence-electron chi connectivity index (χ0n) is 10.7. The predicted molar refractivity (Wildman–Crippen MR) is 69.6 cm³/mol. The molecule has 0 aromatic heterocycles. The lowest BCUT2D eigenvalue weighted by Crippen LogP contribution is -2.31. The predicted octanol–water partition coefficient (Wildman–Crippen LogP) is 0.388. The number of hydrogen-bond donors (Lipinski definition) is 1. The molecule has 1 aromatic carbocycles. The van der Waals surface area contributed by atoms with Crippen LogP contribution in [0.4, 0.5) is 0 Å². The van der Waals surface area contributed by atoms with Crippen molar-refractivity contribution in [2.45, 2.75) is 6.54 Å². The van der Waals surface area contributed by atoms with Crippen LogP contribution in [0, 0.1) is 0 Å². The number of benzene rings is 1. The van der Waals surface area contributed by atoms with E-state index in [1.807, 2.05) is 0 Å². The molecular weight excluding hydrogens is 270 g/mol. The maximum absolute atomic E-state index is 11.6. The van der Waals surface area contributed by atoms with Crippen molar-refractivity contribution >= 4 is 21.7 Å². The fourth-order valence-corrected chi connectivity index (χ4v) is 2.12. The van der Waals surface area contributed by atoms with E-state index >= 15 is 0 Å². The third kappa shape index (κ3) is 5.09. The maximum Gasteiger partial charge on any atom is 0.335 e. The summed E-state index contributed by atoms with van der Waals surface area (Å²) < 4.78 is 22.0. The van der Waals surface area contributed by atoms with Crippen LogP contribution < -0.4 is 0 Å². The molecule has 0 bridgehead atoms. The number of carbonyl (C=O) groups excluding carboxylic acids is 1. The lowest BCUT2D eigenvalue weighted by molar-refractivity contribution is -0.127. The first-order valence-electron chi connectivity index (χ1n) is 5.43. The van der Waals surface area contributed by atoms with Crippen LogP contribution in [0.25, 0.3) is 0 Å². The summed E-state index contributed by atoms with van der Waals surface area (Å²) in [4.78, 5) is 23.5. The number of carbonyl (C=O) groups is 2. The number of rotatable bonds is 5. The van der Waals surface area contributed by atoms with Crippen molar-refractivity contribution in [1.29, 1.82) is 0 Å². The standard InChI is InChI=1S/C12H15NO5S/c1-13(11(14)8-19(2,17)18)7-9-3-5-10(6-4-9)12(15)16/h3-6H,7-8H2,1-2H3,(H,15,16). The fourth-order valence-electron chi connectivity index (χ4n) is 1.45. The summed E-state index contributed by atoms with van der Waals surface area (Å²) in [5.74, 6) is -2.05. The number of carboxylic acids is 1. The first kappa shape index (κ1) is 15.2. The van der Waals surface area contributed by atoms with Crippen molar-refractivity contribution in [3.8, 4) is 0 Å². The van der Waals surface area contributed by atoms with Crippen LogP contribution in [-0.4, -0.2) is 49.4 Å². The molecule has 0 heterocycles. The minimum atomic E-state index is -3.35. The molecule has 0 aliphatic carbocycles. The third-order valence-corrected chi connectivity index (χ3v) is 3.20. The van der Waals surface area contributed by atoms with E-state index in [1.54, 1.807) is 12.1 Å². The van der Waals surface area contributed by atoms with E-state index in [1.165, 1.54) is 24.1 Å². The molecule has 0 aliphatic rings. The first-order chi connectivity index (χ1) is 8.69. The van der Waals surface area contributed by atoms with Gasteiger partial charge in [0, 0.05) is 19.8 Å². The van der Waals surface area contributed by atoms with Gasteiger partial charge in [0.25, 0.3) is 0 Å². The summed E-state index contributed by atoms with van der Waals surface area (Å²) in [5, 5.41) is 8.74.